The third kappa shape index (κ3) is 5.11. The third-order valence-electron chi connectivity index (χ3n) is 4.37. The SMILES string of the molecule is COC(=O)c1cccc(NC(=O)CN(c2cc([N+](=O)[O-])ccc2C)S(C)(=O)=O)c1C. The van der Waals surface area contributed by atoms with Gasteiger partial charge in [-0.15, -0.1) is 0 Å². The lowest BCUT2D eigenvalue weighted by atomic mass is 10.1. The first kappa shape index (κ1) is 22.8. The summed E-state index contributed by atoms with van der Waals surface area (Å²) in [6.45, 7) is 2.59. The van der Waals surface area contributed by atoms with Crippen LogP contribution in [0.2, 0.25) is 0 Å². The lowest BCUT2D eigenvalue weighted by Crippen LogP contribution is -2.38. The Morgan fingerprint density at radius 3 is 2.43 bits per heavy atom. The number of anilines is 2. The first-order chi connectivity index (χ1) is 14.0. The van der Waals surface area contributed by atoms with E-state index in [-0.39, 0.29) is 16.9 Å². The highest BCUT2D eigenvalue weighted by Gasteiger charge is 2.25. The Morgan fingerprint density at radius 2 is 1.87 bits per heavy atom. The molecule has 2 rings (SSSR count). The van der Waals surface area contributed by atoms with E-state index in [0.29, 0.717) is 16.8 Å². The monoisotopic (exact) mass is 435 g/mol. The average molecular weight is 435 g/mol. The lowest BCUT2D eigenvalue weighted by molar-refractivity contribution is -0.384. The molecule has 2 aromatic carbocycles. The Morgan fingerprint density at radius 1 is 1.20 bits per heavy atom. The Hall–Kier alpha value is -3.47. The summed E-state index contributed by atoms with van der Waals surface area (Å²) < 4.78 is 30.1. The normalized spacial score (nSPS) is 10.9. The van der Waals surface area contributed by atoms with Gasteiger partial charge in [-0.3, -0.25) is 19.2 Å². The van der Waals surface area contributed by atoms with E-state index in [4.69, 9.17) is 4.74 Å². The van der Waals surface area contributed by atoms with E-state index in [0.717, 1.165) is 16.6 Å². The molecule has 0 saturated heterocycles. The van der Waals surface area contributed by atoms with E-state index in [1.54, 1.807) is 26.0 Å². The molecule has 1 amide bonds. The van der Waals surface area contributed by atoms with Gasteiger partial charge in [0.05, 0.1) is 29.5 Å². The third-order valence-corrected chi connectivity index (χ3v) is 5.50. The Bertz CT molecular complexity index is 1110. The fourth-order valence-corrected chi connectivity index (χ4v) is 3.69. The van der Waals surface area contributed by atoms with Crippen molar-refractivity contribution in [2.24, 2.45) is 0 Å². The van der Waals surface area contributed by atoms with Crippen molar-refractivity contribution in [3.8, 4) is 0 Å². The van der Waals surface area contributed by atoms with Gasteiger partial charge in [0.1, 0.15) is 6.54 Å². The maximum absolute atomic E-state index is 12.6. The molecule has 11 heteroatoms. The summed E-state index contributed by atoms with van der Waals surface area (Å²) in [5.74, 6) is -1.26. The minimum Gasteiger partial charge on any atom is -0.465 e. The van der Waals surface area contributed by atoms with Gasteiger partial charge in [-0.1, -0.05) is 12.1 Å². The summed E-state index contributed by atoms with van der Waals surface area (Å²) in [4.78, 5) is 34.8. The number of rotatable bonds is 7. The fourth-order valence-electron chi connectivity index (χ4n) is 2.78. The van der Waals surface area contributed by atoms with Crippen molar-refractivity contribution in [2.45, 2.75) is 13.8 Å². The van der Waals surface area contributed by atoms with E-state index in [1.165, 1.54) is 25.3 Å². The molecule has 1 N–H and O–H groups in total. The second kappa shape index (κ2) is 8.91. The number of hydrogen-bond donors (Lipinski definition) is 1. The summed E-state index contributed by atoms with van der Waals surface area (Å²) in [5.41, 5.74) is 1.20. The molecule has 10 nitrogen and oxygen atoms in total. The zero-order valence-electron chi connectivity index (χ0n) is 16.8. The molecular formula is C19H21N3O7S. The van der Waals surface area contributed by atoms with Crippen LogP contribution >= 0.6 is 0 Å². The molecule has 0 fully saturated rings. The van der Waals surface area contributed by atoms with Gasteiger partial charge in [0.15, 0.2) is 0 Å². The van der Waals surface area contributed by atoms with Crippen molar-refractivity contribution in [2.75, 3.05) is 29.5 Å². The second-order valence-electron chi connectivity index (χ2n) is 6.52. The molecule has 0 aromatic heterocycles. The number of aryl methyl sites for hydroxylation is 1. The van der Waals surface area contributed by atoms with Crippen LogP contribution in [0.1, 0.15) is 21.5 Å². The van der Waals surface area contributed by atoms with Crippen molar-refractivity contribution in [1.29, 1.82) is 0 Å². The number of carbonyl (C=O) groups excluding carboxylic acids is 2. The molecule has 0 atom stereocenters. The topological polar surface area (TPSA) is 136 Å². The first-order valence-electron chi connectivity index (χ1n) is 8.66. The first-order valence-corrected chi connectivity index (χ1v) is 10.5. The van der Waals surface area contributed by atoms with Crippen LogP contribution in [-0.4, -0.2) is 45.1 Å². The Labute approximate surface area is 173 Å². The molecule has 0 saturated carbocycles. The minimum absolute atomic E-state index is 0.0295. The summed E-state index contributed by atoms with van der Waals surface area (Å²) in [7, 11) is -2.70. The molecule has 0 aliphatic rings. The molecule has 0 bridgehead atoms. The number of nitrogens with one attached hydrogen (secondary N) is 1. The summed E-state index contributed by atoms with van der Waals surface area (Å²) >= 11 is 0. The van der Waals surface area contributed by atoms with Gasteiger partial charge in [0, 0.05) is 17.8 Å². The predicted molar refractivity (Wildman–Crippen MR) is 111 cm³/mol. The molecule has 0 radical (unpaired) electrons. The van der Waals surface area contributed by atoms with Crippen LogP contribution in [0.5, 0.6) is 0 Å². The molecule has 0 aliphatic heterocycles. The van der Waals surface area contributed by atoms with Crippen molar-refractivity contribution < 1.29 is 27.7 Å². The van der Waals surface area contributed by atoms with Gasteiger partial charge in [-0.2, -0.15) is 0 Å². The number of benzene rings is 2. The highest BCUT2D eigenvalue weighted by molar-refractivity contribution is 7.92. The number of carbonyl (C=O) groups is 2. The highest BCUT2D eigenvalue weighted by Crippen LogP contribution is 2.27. The standard InChI is InChI=1S/C19H21N3O7S/c1-12-8-9-14(22(25)26)10-17(12)21(30(4,27)28)11-18(23)20-16-7-5-6-15(13(16)2)19(24)29-3/h5-10H,11H2,1-4H3,(H,20,23). The number of ether oxygens (including phenoxy) is 1. The van der Waals surface area contributed by atoms with Gasteiger partial charge >= 0.3 is 5.97 Å². The number of esters is 1. The van der Waals surface area contributed by atoms with Crippen LogP contribution in [0.25, 0.3) is 0 Å². The number of sulfonamides is 1. The molecule has 0 spiro atoms. The number of amides is 1. The zero-order valence-corrected chi connectivity index (χ0v) is 17.6. The van der Waals surface area contributed by atoms with E-state index in [2.05, 4.69) is 5.32 Å². The average Bonchev–Trinajstić information content (AvgIpc) is 2.66. The Kier molecular flexibility index (Phi) is 6.77. The molecular weight excluding hydrogens is 414 g/mol. The van der Waals surface area contributed by atoms with Crippen LogP contribution in [0.4, 0.5) is 17.1 Å². The molecule has 2 aromatic rings. The predicted octanol–water partition coefficient (Wildman–Crippen LogP) is 2.40. The van der Waals surface area contributed by atoms with Crippen molar-refractivity contribution in [3.63, 3.8) is 0 Å². The summed E-state index contributed by atoms with van der Waals surface area (Å²) in [6, 6.07) is 8.41. The van der Waals surface area contributed by atoms with Crippen molar-refractivity contribution in [1.82, 2.24) is 0 Å². The zero-order chi connectivity index (χ0) is 22.6. The lowest BCUT2D eigenvalue weighted by Gasteiger charge is -2.23. The van der Waals surface area contributed by atoms with E-state index in [9.17, 15) is 28.1 Å². The molecule has 30 heavy (non-hydrogen) atoms. The maximum atomic E-state index is 12.6. The van der Waals surface area contributed by atoms with Gasteiger partial charge in [-0.05, 0) is 37.1 Å². The number of nitro benzene ring substituents is 1. The summed E-state index contributed by atoms with van der Waals surface area (Å²) in [5, 5.41) is 13.6. The quantitative estimate of drug-likeness (QED) is 0.401. The smallest absolute Gasteiger partial charge is 0.338 e. The fraction of sp³-hybridized carbons (Fsp3) is 0.263. The van der Waals surface area contributed by atoms with Crippen molar-refractivity contribution in [3.05, 3.63) is 63.2 Å². The minimum atomic E-state index is -3.93. The van der Waals surface area contributed by atoms with Gasteiger partial charge in [0.2, 0.25) is 15.9 Å². The van der Waals surface area contributed by atoms with Crippen LogP contribution in [0.3, 0.4) is 0 Å². The van der Waals surface area contributed by atoms with Crippen LogP contribution in [0.15, 0.2) is 36.4 Å². The maximum Gasteiger partial charge on any atom is 0.338 e. The van der Waals surface area contributed by atoms with E-state index < -0.39 is 33.4 Å². The number of nitrogens with zero attached hydrogens (tertiary/aromatic N) is 2. The number of non-ortho nitro benzene ring substituents is 1. The molecule has 0 heterocycles. The van der Waals surface area contributed by atoms with E-state index in [1.807, 2.05) is 0 Å². The van der Waals surface area contributed by atoms with Gasteiger partial charge in [-0.25, -0.2) is 13.2 Å². The van der Waals surface area contributed by atoms with Crippen LogP contribution in [0, 0.1) is 24.0 Å². The number of nitro groups is 1. The largest absolute Gasteiger partial charge is 0.465 e. The van der Waals surface area contributed by atoms with Crippen molar-refractivity contribution >= 4 is 39.0 Å². The highest BCUT2D eigenvalue weighted by atomic mass is 32.2. The number of methoxy groups -OCH3 is 1. The second-order valence-corrected chi connectivity index (χ2v) is 8.42. The van der Waals surface area contributed by atoms with Gasteiger partial charge in [0.25, 0.3) is 5.69 Å². The van der Waals surface area contributed by atoms with Crippen LogP contribution in [-0.2, 0) is 19.6 Å². The van der Waals surface area contributed by atoms with Gasteiger partial charge < -0.3 is 10.1 Å². The Balaban J connectivity index is 2.36. The molecule has 160 valence electrons. The van der Waals surface area contributed by atoms with Crippen LogP contribution < -0.4 is 9.62 Å². The summed E-state index contributed by atoms with van der Waals surface area (Å²) in [6.07, 6.45) is 0.904. The number of hydrogen-bond acceptors (Lipinski definition) is 7. The molecule has 0 aliphatic carbocycles. The molecule has 0 unspecified atom stereocenters. The van der Waals surface area contributed by atoms with E-state index >= 15 is 0 Å².